The summed E-state index contributed by atoms with van der Waals surface area (Å²) in [6, 6.07) is 6.02. The minimum atomic E-state index is -0.0851. The van der Waals surface area contributed by atoms with Crippen LogP contribution in [0.2, 0.25) is 0 Å². The molecule has 0 saturated heterocycles. The van der Waals surface area contributed by atoms with E-state index in [0.29, 0.717) is 17.9 Å². The summed E-state index contributed by atoms with van der Waals surface area (Å²) in [5.74, 6) is 2.04. The van der Waals surface area contributed by atoms with E-state index >= 15 is 0 Å². The van der Waals surface area contributed by atoms with Crippen molar-refractivity contribution in [3.8, 4) is 0 Å². The molecule has 3 rings (SSSR count). The highest BCUT2D eigenvalue weighted by Gasteiger charge is 2.53. The molecule has 2 aliphatic rings. The second-order valence-corrected chi connectivity index (χ2v) is 5.39. The molecule has 0 aromatic heterocycles. The average Bonchev–Trinajstić information content (AvgIpc) is 2.62. The number of nitrogens with one attached hydrogen (secondary N) is 1. The quantitative estimate of drug-likeness (QED) is 0.846. The first-order valence-electron chi connectivity index (χ1n) is 6.78. The van der Waals surface area contributed by atoms with Gasteiger partial charge in [-0.1, -0.05) is 26.3 Å². The largest absolute Gasteiger partial charge is 0.314 e. The summed E-state index contributed by atoms with van der Waals surface area (Å²) in [6.07, 6.45) is 2.28. The van der Waals surface area contributed by atoms with Crippen LogP contribution < -0.4 is 5.32 Å². The van der Waals surface area contributed by atoms with E-state index in [4.69, 9.17) is 0 Å². The van der Waals surface area contributed by atoms with Crippen LogP contribution in [0.15, 0.2) is 18.2 Å². The van der Waals surface area contributed by atoms with E-state index in [1.54, 1.807) is 12.1 Å². The van der Waals surface area contributed by atoms with Crippen LogP contribution in [0.4, 0.5) is 4.39 Å². The summed E-state index contributed by atoms with van der Waals surface area (Å²) in [7, 11) is 0. The van der Waals surface area contributed by atoms with Crippen molar-refractivity contribution in [2.75, 3.05) is 6.54 Å². The Morgan fingerprint density at radius 1 is 1.35 bits per heavy atom. The Bertz CT molecular complexity index is 429. The molecule has 1 nitrogen and oxygen atoms in total. The first-order chi connectivity index (χ1) is 8.26. The molecule has 2 heteroatoms. The third-order valence-corrected chi connectivity index (χ3v) is 4.68. The fraction of sp³-hybridized carbons (Fsp3) is 0.600. The molecule has 1 fully saturated rings. The summed E-state index contributed by atoms with van der Waals surface area (Å²) < 4.78 is 13.2. The Hall–Kier alpha value is -0.890. The van der Waals surface area contributed by atoms with E-state index in [1.807, 2.05) is 6.07 Å². The molecule has 4 atom stereocenters. The molecule has 0 amide bonds. The van der Waals surface area contributed by atoms with Gasteiger partial charge in [0.1, 0.15) is 5.82 Å². The minimum absolute atomic E-state index is 0.0851. The lowest BCUT2D eigenvalue weighted by molar-refractivity contribution is 0.0810. The molecule has 0 radical (unpaired) electrons. The summed E-state index contributed by atoms with van der Waals surface area (Å²) in [4.78, 5) is 0. The van der Waals surface area contributed by atoms with Crippen LogP contribution in [0, 0.1) is 17.7 Å². The molecule has 4 unspecified atom stereocenters. The summed E-state index contributed by atoms with van der Waals surface area (Å²) in [5, 5.41) is 3.61. The summed E-state index contributed by atoms with van der Waals surface area (Å²) in [6.45, 7) is 5.48. The Kier molecular flexibility index (Phi) is 2.70. The van der Waals surface area contributed by atoms with Gasteiger partial charge in [-0.15, -0.1) is 0 Å². The van der Waals surface area contributed by atoms with E-state index in [-0.39, 0.29) is 5.82 Å². The fourth-order valence-corrected chi connectivity index (χ4v) is 4.03. The van der Waals surface area contributed by atoms with Crippen molar-refractivity contribution in [2.45, 2.75) is 38.6 Å². The third-order valence-electron chi connectivity index (χ3n) is 4.68. The van der Waals surface area contributed by atoms with Crippen LogP contribution in [0.25, 0.3) is 0 Å². The van der Waals surface area contributed by atoms with Crippen LogP contribution in [0.1, 0.15) is 37.3 Å². The zero-order valence-corrected chi connectivity index (χ0v) is 10.5. The molecule has 0 aliphatic heterocycles. The SMILES string of the molecule is CCNC1C(CC)C2c3ccc(F)cc3CC12. The second kappa shape index (κ2) is 4.09. The lowest BCUT2D eigenvalue weighted by atomic mass is 9.60. The molecular formula is C15H20FN. The molecule has 1 aromatic rings. The van der Waals surface area contributed by atoms with Crippen molar-refractivity contribution < 1.29 is 4.39 Å². The molecule has 2 aliphatic carbocycles. The highest BCUT2D eigenvalue weighted by molar-refractivity contribution is 5.41. The van der Waals surface area contributed by atoms with Crippen molar-refractivity contribution in [1.29, 1.82) is 0 Å². The molecule has 17 heavy (non-hydrogen) atoms. The number of benzene rings is 1. The van der Waals surface area contributed by atoms with E-state index in [1.165, 1.54) is 17.5 Å². The standard InChI is InChI=1S/C15H20FN/c1-3-11-14-12-6-5-10(16)7-9(12)8-13(14)15(11)17-4-2/h5-7,11,13-15,17H,3-4,8H2,1-2H3. The van der Waals surface area contributed by atoms with Gasteiger partial charge < -0.3 is 5.32 Å². The maximum atomic E-state index is 13.2. The van der Waals surface area contributed by atoms with Crippen LogP contribution in [0.5, 0.6) is 0 Å². The van der Waals surface area contributed by atoms with E-state index in [0.717, 1.165) is 18.9 Å². The van der Waals surface area contributed by atoms with E-state index in [2.05, 4.69) is 19.2 Å². The zero-order valence-electron chi connectivity index (χ0n) is 10.5. The van der Waals surface area contributed by atoms with Gasteiger partial charge in [-0.25, -0.2) is 4.39 Å². The molecule has 1 N–H and O–H groups in total. The lowest BCUT2D eigenvalue weighted by Crippen LogP contribution is -2.55. The monoisotopic (exact) mass is 233 g/mol. The Morgan fingerprint density at radius 2 is 2.18 bits per heavy atom. The average molecular weight is 233 g/mol. The van der Waals surface area contributed by atoms with Gasteiger partial charge in [0, 0.05) is 6.04 Å². The van der Waals surface area contributed by atoms with Crippen LogP contribution in [-0.4, -0.2) is 12.6 Å². The number of fused-ring (bicyclic) bond motifs is 3. The van der Waals surface area contributed by atoms with Crippen LogP contribution in [0.3, 0.4) is 0 Å². The topological polar surface area (TPSA) is 12.0 Å². The highest BCUT2D eigenvalue weighted by atomic mass is 19.1. The minimum Gasteiger partial charge on any atom is -0.314 e. The predicted molar refractivity (Wildman–Crippen MR) is 67.6 cm³/mol. The van der Waals surface area contributed by atoms with E-state index < -0.39 is 0 Å². The van der Waals surface area contributed by atoms with Crippen molar-refractivity contribution in [3.63, 3.8) is 0 Å². The molecule has 0 heterocycles. The molecule has 1 saturated carbocycles. The fourth-order valence-electron chi connectivity index (χ4n) is 4.03. The van der Waals surface area contributed by atoms with E-state index in [9.17, 15) is 4.39 Å². The van der Waals surface area contributed by atoms with Crippen LogP contribution in [-0.2, 0) is 6.42 Å². The van der Waals surface area contributed by atoms with Crippen molar-refractivity contribution in [3.05, 3.63) is 35.1 Å². The van der Waals surface area contributed by atoms with Crippen LogP contribution >= 0.6 is 0 Å². The smallest absolute Gasteiger partial charge is 0.123 e. The summed E-state index contributed by atoms with van der Waals surface area (Å²) in [5.41, 5.74) is 2.66. The van der Waals surface area contributed by atoms with Crippen molar-refractivity contribution in [2.24, 2.45) is 11.8 Å². The number of hydrogen-bond donors (Lipinski definition) is 1. The van der Waals surface area contributed by atoms with Gasteiger partial charge in [-0.05, 0) is 54.0 Å². The number of hydrogen-bond acceptors (Lipinski definition) is 1. The number of rotatable bonds is 3. The maximum Gasteiger partial charge on any atom is 0.123 e. The van der Waals surface area contributed by atoms with Crippen molar-refractivity contribution >= 4 is 0 Å². The van der Waals surface area contributed by atoms with Gasteiger partial charge in [0.05, 0.1) is 0 Å². The normalized spacial score (nSPS) is 34.1. The van der Waals surface area contributed by atoms with Gasteiger partial charge in [-0.2, -0.15) is 0 Å². The lowest BCUT2D eigenvalue weighted by Gasteiger charge is -2.49. The Labute approximate surface area is 102 Å². The first kappa shape index (κ1) is 11.2. The van der Waals surface area contributed by atoms with Gasteiger partial charge in [0.2, 0.25) is 0 Å². The number of halogens is 1. The van der Waals surface area contributed by atoms with Crippen molar-refractivity contribution in [1.82, 2.24) is 5.32 Å². The van der Waals surface area contributed by atoms with Gasteiger partial charge >= 0.3 is 0 Å². The highest BCUT2D eigenvalue weighted by Crippen LogP contribution is 2.56. The second-order valence-electron chi connectivity index (χ2n) is 5.39. The molecule has 92 valence electrons. The maximum absolute atomic E-state index is 13.2. The van der Waals surface area contributed by atoms with Gasteiger partial charge in [-0.3, -0.25) is 0 Å². The Balaban J connectivity index is 1.89. The van der Waals surface area contributed by atoms with Gasteiger partial charge in [0.25, 0.3) is 0 Å². The Morgan fingerprint density at radius 3 is 2.88 bits per heavy atom. The third kappa shape index (κ3) is 1.54. The first-order valence-corrected chi connectivity index (χ1v) is 6.78. The molecule has 1 aromatic carbocycles. The summed E-state index contributed by atoms with van der Waals surface area (Å²) >= 11 is 0. The van der Waals surface area contributed by atoms with Gasteiger partial charge in [0.15, 0.2) is 0 Å². The molecule has 0 bridgehead atoms. The zero-order chi connectivity index (χ0) is 12.0. The molecule has 0 spiro atoms. The molecular weight excluding hydrogens is 213 g/mol. The predicted octanol–water partition coefficient (Wildman–Crippen LogP) is 3.10.